The third-order valence-corrected chi connectivity index (χ3v) is 4.23. The quantitative estimate of drug-likeness (QED) is 0.654. The van der Waals surface area contributed by atoms with Gasteiger partial charge in [-0.25, -0.2) is 0 Å². The molecule has 3 aromatic rings. The Bertz CT molecular complexity index is 784. The Hall–Kier alpha value is -2.38. The second-order valence-corrected chi connectivity index (χ2v) is 6.37. The van der Waals surface area contributed by atoms with Gasteiger partial charge in [-0.2, -0.15) is 4.98 Å². The molecular formula is C17H19N3O3S. The number of thiophene rings is 1. The van der Waals surface area contributed by atoms with Gasteiger partial charge < -0.3 is 18.9 Å². The summed E-state index contributed by atoms with van der Waals surface area (Å²) < 4.78 is 16.5. The molecule has 0 aliphatic carbocycles. The van der Waals surface area contributed by atoms with Crippen LogP contribution in [-0.4, -0.2) is 49.4 Å². The number of likely N-dealkylation sites (N-methyl/N-ethyl adjacent to an activating group) is 1. The van der Waals surface area contributed by atoms with Crippen LogP contribution in [0, 0.1) is 0 Å². The zero-order valence-corrected chi connectivity index (χ0v) is 14.7. The lowest BCUT2D eigenvalue weighted by molar-refractivity contribution is 0.251. The molecule has 7 heteroatoms. The first-order valence-corrected chi connectivity index (χ1v) is 8.39. The van der Waals surface area contributed by atoms with Gasteiger partial charge >= 0.3 is 0 Å². The second-order valence-electron chi connectivity index (χ2n) is 5.42. The van der Waals surface area contributed by atoms with E-state index in [4.69, 9.17) is 14.0 Å². The minimum atomic E-state index is 0.519. The molecule has 0 saturated carbocycles. The van der Waals surface area contributed by atoms with Crippen molar-refractivity contribution in [3.8, 4) is 33.7 Å². The van der Waals surface area contributed by atoms with Gasteiger partial charge in [0.05, 0.1) is 12.0 Å². The maximum Gasteiger partial charge on any atom is 0.268 e. The van der Waals surface area contributed by atoms with Gasteiger partial charge in [0.2, 0.25) is 5.82 Å². The van der Waals surface area contributed by atoms with Crippen molar-refractivity contribution >= 4 is 11.3 Å². The van der Waals surface area contributed by atoms with Crippen molar-refractivity contribution in [2.45, 2.75) is 0 Å². The molecule has 0 saturated heterocycles. The number of benzene rings is 1. The zero-order chi connectivity index (χ0) is 16.9. The predicted octanol–water partition coefficient (Wildman–Crippen LogP) is 3.41. The summed E-state index contributed by atoms with van der Waals surface area (Å²) in [5, 5.41) is 6.02. The molecule has 24 heavy (non-hydrogen) atoms. The van der Waals surface area contributed by atoms with Gasteiger partial charge in [-0.15, -0.1) is 11.3 Å². The first kappa shape index (κ1) is 16.5. The molecule has 0 radical (unpaired) electrons. The number of ether oxygens (including phenoxy) is 2. The largest absolute Gasteiger partial charge is 0.493 e. The van der Waals surface area contributed by atoms with E-state index in [-0.39, 0.29) is 0 Å². The summed E-state index contributed by atoms with van der Waals surface area (Å²) in [6.45, 7) is 1.42. The first-order chi connectivity index (χ1) is 11.7. The average Bonchev–Trinajstić information content (AvgIpc) is 3.26. The van der Waals surface area contributed by atoms with Crippen LogP contribution in [0.1, 0.15) is 0 Å². The molecule has 0 N–H and O–H groups in total. The highest BCUT2D eigenvalue weighted by molar-refractivity contribution is 7.13. The Morgan fingerprint density at radius 3 is 2.79 bits per heavy atom. The van der Waals surface area contributed by atoms with Crippen LogP contribution < -0.4 is 9.47 Å². The Labute approximate surface area is 144 Å². The van der Waals surface area contributed by atoms with Gasteiger partial charge in [-0.1, -0.05) is 11.2 Å². The fraction of sp³-hybridized carbons (Fsp3) is 0.294. The summed E-state index contributed by atoms with van der Waals surface area (Å²) in [5.74, 6) is 2.39. The first-order valence-electron chi connectivity index (χ1n) is 7.51. The van der Waals surface area contributed by atoms with Crippen LogP contribution in [0.3, 0.4) is 0 Å². The molecule has 2 heterocycles. The van der Waals surface area contributed by atoms with Gasteiger partial charge in [-0.05, 0) is 43.7 Å². The summed E-state index contributed by atoms with van der Waals surface area (Å²) >= 11 is 1.56. The van der Waals surface area contributed by atoms with Gasteiger partial charge in [0.15, 0.2) is 11.5 Å². The maximum absolute atomic E-state index is 5.76. The Balaban J connectivity index is 1.79. The number of aromatic nitrogens is 2. The van der Waals surface area contributed by atoms with E-state index in [9.17, 15) is 0 Å². The van der Waals surface area contributed by atoms with Gasteiger partial charge in [0.1, 0.15) is 6.61 Å². The van der Waals surface area contributed by atoms with E-state index in [1.165, 1.54) is 0 Å². The minimum absolute atomic E-state index is 0.519. The van der Waals surface area contributed by atoms with Gasteiger partial charge in [0, 0.05) is 12.1 Å². The highest BCUT2D eigenvalue weighted by Crippen LogP contribution is 2.32. The second kappa shape index (κ2) is 7.46. The number of methoxy groups -OCH3 is 1. The maximum atomic E-state index is 5.76. The van der Waals surface area contributed by atoms with Crippen LogP contribution in [0.4, 0.5) is 0 Å². The van der Waals surface area contributed by atoms with Crippen molar-refractivity contribution in [3.05, 3.63) is 35.7 Å². The molecular weight excluding hydrogens is 326 g/mol. The van der Waals surface area contributed by atoms with Crippen molar-refractivity contribution in [1.82, 2.24) is 15.0 Å². The van der Waals surface area contributed by atoms with E-state index >= 15 is 0 Å². The average molecular weight is 345 g/mol. The number of hydrogen-bond acceptors (Lipinski definition) is 7. The number of nitrogens with zero attached hydrogens (tertiary/aromatic N) is 3. The van der Waals surface area contributed by atoms with Crippen molar-refractivity contribution in [2.75, 3.05) is 34.4 Å². The van der Waals surface area contributed by atoms with E-state index < -0.39 is 0 Å². The van der Waals surface area contributed by atoms with E-state index in [2.05, 4.69) is 15.0 Å². The lowest BCUT2D eigenvalue weighted by atomic mass is 10.2. The van der Waals surface area contributed by atoms with Crippen molar-refractivity contribution in [2.24, 2.45) is 0 Å². The van der Waals surface area contributed by atoms with Crippen LogP contribution in [0.15, 0.2) is 40.2 Å². The monoisotopic (exact) mass is 345 g/mol. The van der Waals surface area contributed by atoms with E-state index in [1.54, 1.807) is 18.4 Å². The SMILES string of the molecule is COc1cc(-c2noc(-c3cccs3)n2)ccc1OCCN(C)C. The molecule has 3 rings (SSSR count). The standard InChI is InChI=1S/C17H19N3O3S/c1-20(2)8-9-22-13-7-6-12(11-14(13)21-3)16-18-17(23-19-16)15-5-4-10-24-15/h4-7,10-11H,8-9H2,1-3H3. The summed E-state index contributed by atoms with van der Waals surface area (Å²) in [7, 11) is 5.63. The summed E-state index contributed by atoms with van der Waals surface area (Å²) in [4.78, 5) is 7.45. The van der Waals surface area contributed by atoms with Crippen molar-refractivity contribution < 1.29 is 14.0 Å². The third-order valence-electron chi connectivity index (χ3n) is 3.38. The number of rotatable bonds is 7. The van der Waals surface area contributed by atoms with Gasteiger partial charge in [-0.3, -0.25) is 0 Å². The molecule has 0 aliphatic heterocycles. The molecule has 126 valence electrons. The summed E-state index contributed by atoms with van der Waals surface area (Å²) in [5.41, 5.74) is 0.818. The van der Waals surface area contributed by atoms with Gasteiger partial charge in [0.25, 0.3) is 5.89 Å². The summed E-state index contributed by atoms with van der Waals surface area (Å²) in [6.07, 6.45) is 0. The molecule has 1 aromatic carbocycles. The smallest absolute Gasteiger partial charge is 0.268 e. The molecule has 0 spiro atoms. The highest BCUT2D eigenvalue weighted by atomic mass is 32.1. The normalized spacial score (nSPS) is 11.0. The minimum Gasteiger partial charge on any atom is -0.493 e. The molecule has 0 atom stereocenters. The third kappa shape index (κ3) is 3.74. The number of hydrogen-bond donors (Lipinski definition) is 0. The van der Waals surface area contributed by atoms with Crippen LogP contribution in [-0.2, 0) is 0 Å². The molecule has 0 bridgehead atoms. The van der Waals surface area contributed by atoms with E-state index in [0.717, 1.165) is 17.0 Å². The lowest BCUT2D eigenvalue weighted by Gasteiger charge is -2.13. The Morgan fingerprint density at radius 2 is 2.08 bits per heavy atom. The zero-order valence-electron chi connectivity index (χ0n) is 13.9. The predicted molar refractivity (Wildman–Crippen MR) is 93.6 cm³/mol. The molecule has 0 fully saturated rings. The van der Waals surface area contributed by atoms with Crippen LogP contribution in [0.25, 0.3) is 22.2 Å². The molecule has 0 unspecified atom stereocenters. The summed E-state index contributed by atoms with van der Waals surface area (Å²) in [6, 6.07) is 9.52. The highest BCUT2D eigenvalue weighted by Gasteiger charge is 2.14. The topological polar surface area (TPSA) is 60.6 Å². The molecule has 0 amide bonds. The van der Waals surface area contributed by atoms with E-state index in [1.807, 2.05) is 49.8 Å². The lowest BCUT2D eigenvalue weighted by Crippen LogP contribution is -2.19. The Morgan fingerprint density at radius 1 is 1.21 bits per heavy atom. The Kier molecular flexibility index (Phi) is 5.12. The fourth-order valence-electron chi connectivity index (χ4n) is 2.11. The van der Waals surface area contributed by atoms with E-state index in [0.29, 0.717) is 29.8 Å². The van der Waals surface area contributed by atoms with Crippen molar-refractivity contribution in [1.29, 1.82) is 0 Å². The van der Waals surface area contributed by atoms with Crippen LogP contribution in [0.2, 0.25) is 0 Å². The molecule has 0 aliphatic rings. The molecule has 2 aromatic heterocycles. The fourth-order valence-corrected chi connectivity index (χ4v) is 2.75. The van der Waals surface area contributed by atoms with Crippen LogP contribution in [0.5, 0.6) is 11.5 Å². The van der Waals surface area contributed by atoms with Crippen LogP contribution >= 0.6 is 11.3 Å². The molecule has 6 nitrogen and oxygen atoms in total. The van der Waals surface area contributed by atoms with Crippen molar-refractivity contribution in [3.63, 3.8) is 0 Å².